The lowest BCUT2D eigenvalue weighted by Gasteiger charge is -2.44. The van der Waals surface area contributed by atoms with Gasteiger partial charge in [-0.2, -0.15) is 0 Å². The molecule has 1 aliphatic carbocycles. The van der Waals surface area contributed by atoms with Gasteiger partial charge in [0.05, 0.1) is 18.8 Å². The molecule has 0 spiro atoms. The summed E-state index contributed by atoms with van der Waals surface area (Å²) in [5.74, 6) is -1.76. The van der Waals surface area contributed by atoms with E-state index in [1.54, 1.807) is 24.3 Å². The number of carbonyl (C=O) groups is 1. The molecule has 1 aromatic rings. The molecule has 4 rings (SSSR count). The predicted molar refractivity (Wildman–Crippen MR) is 118 cm³/mol. The SMILES string of the molecule is O=C(C=Cc1ccc(O)cc1)OCC1(O)C=CC2C=COC(OC3OC(CO)C(O)C(O)C3O)C21. The van der Waals surface area contributed by atoms with Crippen LogP contribution < -0.4 is 0 Å². The normalized spacial score (nSPS) is 38.3. The number of carbonyl (C=O) groups excluding carboxylic acids is 1. The van der Waals surface area contributed by atoms with E-state index in [0.717, 1.165) is 0 Å². The number of hydrogen-bond donors (Lipinski definition) is 6. The number of aliphatic hydroxyl groups is 5. The zero-order valence-electron chi connectivity index (χ0n) is 18.5. The molecule has 0 aromatic heterocycles. The number of ether oxygens (including phenoxy) is 4. The quantitative estimate of drug-likeness (QED) is 0.159. The lowest BCUT2D eigenvalue weighted by Crippen LogP contribution is -2.61. The lowest BCUT2D eigenvalue weighted by molar-refractivity contribution is -0.346. The molecular weight excluding hydrogens is 464 g/mol. The highest BCUT2D eigenvalue weighted by molar-refractivity contribution is 5.87. The monoisotopic (exact) mass is 492 g/mol. The molecule has 11 heteroatoms. The second-order valence-corrected chi connectivity index (χ2v) is 8.65. The molecule has 0 radical (unpaired) electrons. The van der Waals surface area contributed by atoms with Crippen molar-refractivity contribution in [3.8, 4) is 5.75 Å². The zero-order valence-corrected chi connectivity index (χ0v) is 18.5. The first-order valence-corrected chi connectivity index (χ1v) is 11.1. The molecule has 6 N–H and O–H groups in total. The lowest BCUT2D eigenvalue weighted by atomic mass is 9.83. The molecule has 1 saturated heterocycles. The molecule has 1 aromatic carbocycles. The van der Waals surface area contributed by atoms with Gasteiger partial charge in [0.25, 0.3) is 0 Å². The van der Waals surface area contributed by atoms with Gasteiger partial charge in [-0.05, 0) is 29.8 Å². The average Bonchev–Trinajstić information content (AvgIpc) is 3.20. The summed E-state index contributed by atoms with van der Waals surface area (Å²) in [4.78, 5) is 12.2. The summed E-state index contributed by atoms with van der Waals surface area (Å²) >= 11 is 0. The zero-order chi connectivity index (χ0) is 25.2. The van der Waals surface area contributed by atoms with Crippen LogP contribution >= 0.6 is 0 Å². The van der Waals surface area contributed by atoms with Crippen LogP contribution in [0.15, 0.2) is 54.8 Å². The number of hydrogen-bond acceptors (Lipinski definition) is 11. The molecular formula is C24H28O11. The Labute approximate surface area is 200 Å². The van der Waals surface area contributed by atoms with Crippen LogP contribution in [0.1, 0.15) is 5.56 Å². The van der Waals surface area contributed by atoms with Crippen molar-refractivity contribution in [1.29, 1.82) is 0 Å². The number of allylic oxidation sites excluding steroid dienone is 2. The standard InChI is InChI=1S/C24H28O11/c25-11-16-19(28)20(29)21(30)23(34-16)35-22-18-14(8-10-32-22)7-9-24(18,31)12-33-17(27)6-3-13-1-4-15(26)5-2-13/h1-10,14,16,18-23,25-26,28-31H,11-12H2. The van der Waals surface area contributed by atoms with Crippen LogP contribution in [-0.2, 0) is 23.7 Å². The van der Waals surface area contributed by atoms with Crippen molar-refractivity contribution in [3.05, 3.63) is 60.4 Å². The van der Waals surface area contributed by atoms with Crippen molar-refractivity contribution in [2.45, 2.75) is 42.6 Å². The topological polar surface area (TPSA) is 175 Å². The van der Waals surface area contributed by atoms with Gasteiger partial charge in [-0.1, -0.05) is 24.3 Å². The summed E-state index contributed by atoms with van der Waals surface area (Å²) in [6.45, 7) is -1.05. The number of aromatic hydroxyl groups is 1. The molecule has 11 nitrogen and oxygen atoms in total. The first-order chi connectivity index (χ1) is 16.7. The number of rotatable bonds is 7. The van der Waals surface area contributed by atoms with Crippen LogP contribution in [0.4, 0.5) is 0 Å². The maximum atomic E-state index is 12.2. The molecule has 0 saturated carbocycles. The highest BCUT2D eigenvalue weighted by atomic mass is 16.8. The smallest absolute Gasteiger partial charge is 0.330 e. The Bertz CT molecular complexity index is 972. The van der Waals surface area contributed by atoms with Crippen molar-refractivity contribution < 1.29 is 54.4 Å². The van der Waals surface area contributed by atoms with Crippen molar-refractivity contribution in [1.82, 2.24) is 0 Å². The largest absolute Gasteiger partial charge is 0.508 e. The molecule has 35 heavy (non-hydrogen) atoms. The Morgan fingerprint density at radius 2 is 1.80 bits per heavy atom. The van der Waals surface area contributed by atoms with Gasteiger partial charge in [-0.15, -0.1) is 0 Å². The van der Waals surface area contributed by atoms with Gasteiger partial charge in [-0.3, -0.25) is 0 Å². The van der Waals surface area contributed by atoms with Crippen LogP contribution in [0, 0.1) is 11.8 Å². The van der Waals surface area contributed by atoms with Crippen LogP contribution in [-0.4, -0.2) is 92.4 Å². The number of esters is 1. The van der Waals surface area contributed by atoms with Crippen LogP contribution in [0.25, 0.3) is 6.08 Å². The summed E-state index contributed by atoms with van der Waals surface area (Å²) in [6.07, 6.45) is 0.243. The molecule has 9 atom stereocenters. The van der Waals surface area contributed by atoms with E-state index in [1.165, 1.54) is 36.6 Å². The van der Waals surface area contributed by atoms with Crippen molar-refractivity contribution in [2.75, 3.05) is 13.2 Å². The average molecular weight is 492 g/mol. The van der Waals surface area contributed by atoms with Crippen LogP contribution in [0.2, 0.25) is 0 Å². The number of aliphatic hydroxyl groups excluding tert-OH is 4. The second-order valence-electron chi connectivity index (χ2n) is 8.65. The summed E-state index contributed by atoms with van der Waals surface area (Å²) in [6, 6.07) is 6.18. The minimum Gasteiger partial charge on any atom is -0.508 e. The summed E-state index contributed by atoms with van der Waals surface area (Å²) in [5, 5.41) is 60.2. The summed E-state index contributed by atoms with van der Waals surface area (Å²) in [7, 11) is 0. The molecule has 0 bridgehead atoms. The molecule has 2 heterocycles. The van der Waals surface area contributed by atoms with E-state index in [2.05, 4.69) is 0 Å². The van der Waals surface area contributed by atoms with Gasteiger partial charge in [0.15, 0.2) is 6.29 Å². The fourth-order valence-corrected chi connectivity index (χ4v) is 4.30. The number of benzene rings is 1. The second kappa shape index (κ2) is 10.5. The molecule has 190 valence electrons. The van der Waals surface area contributed by atoms with E-state index >= 15 is 0 Å². The first-order valence-electron chi connectivity index (χ1n) is 11.1. The van der Waals surface area contributed by atoms with E-state index in [0.29, 0.717) is 5.56 Å². The Balaban J connectivity index is 1.41. The highest BCUT2D eigenvalue weighted by Crippen LogP contribution is 2.42. The Morgan fingerprint density at radius 1 is 1.06 bits per heavy atom. The molecule has 2 aliphatic heterocycles. The Hall–Kier alpha value is -2.77. The molecule has 1 fully saturated rings. The van der Waals surface area contributed by atoms with Crippen LogP contribution in [0.3, 0.4) is 0 Å². The van der Waals surface area contributed by atoms with Gasteiger partial charge in [-0.25, -0.2) is 4.79 Å². The predicted octanol–water partition coefficient (Wildman–Crippen LogP) is -0.832. The van der Waals surface area contributed by atoms with E-state index in [4.69, 9.17) is 18.9 Å². The van der Waals surface area contributed by atoms with Crippen molar-refractivity contribution >= 4 is 12.0 Å². The van der Waals surface area contributed by atoms with Gasteiger partial charge >= 0.3 is 5.97 Å². The number of phenols is 1. The van der Waals surface area contributed by atoms with Gasteiger partial charge in [0.1, 0.15) is 42.4 Å². The van der Waals surface area contributed by atoms with Crippen LogP contribution in [0.5, 0.6) is 5.75 Å². The van der Waals surface area contributed by atoms with Crippen molar-refractivity contribution in [3.63, 3.8) is 0 Å². The summed E-state index contributed by atoms with van der Waals surface area (Å²) < 4.78 is 21.9. The Morgan fingerprint density at radius 3 is 2.51 bits per heavy atom. The third-order valence-corrected chi connectivity index (χ3v) is 6.27. The first kappa shape index (κ1) is 25.3. The van der Waals surface area contributed by atoms with E-state index < -0.39 is 67.7 Å². The fraction of sp³-hybridized carbons (Fsp3) is 0.458. The third-order valence-electron chi connectivity index (χ3n) is 6.27. The maximum absolute atomic E-state index is 12.2. The van der Waals surface area contributed by atoms with E-state index in [1.807, 2.05) is 0 Å². The van der Waals surface area contributed by atoms with E-state index in [9.17, 15) is 35.4 Å². The fourth-order valence-electron chi connectivity index (χ4n) is 4.30. The number of fused-ring (bicyclic) bond motifs is 1. The maximum Gasteiger partial charge on any atom is 0.330 e. The third kappa shape index (κ3) is 5.41. The number of phenolic OH excluding ortho intramolecular Hbond substituents is 1. The minimum absolute atomic E-state index is 0.0961. The summed E-state index contributed by atoms with van der Waals surface area (Å²) in [5.41, 5.74) is -1.02. The van der Waals surface area contributed by atoms with Crippen molar-refractivity contribution in [2.24, 2.45) is 11.8 Å². The van der Waals surface area contributed by atoms with Gasteiger partial charge < -0.3 is 49.6 Å². The molecule has 0 amide bonds. The minimum atomic E-state index is -1.68. The molecule has 9 unspecified atom stereocenters. The Kier molecular flexibility index (Phi) is 7.57. The molecule has 3 aliphatic rings. The van der Waals surface area contributed by atoms with Gasteiger partial charge in [0, 0.05) is 12.0 Å². The van der Waals surface area contributed by atoms with E-state index in [-0.39, 0.29) is 11.7 Å². The highest BCUT2D eigenvalue weighted by Gasteiger charge is 2.53. The van der Waals surface area contributed by atoms with Gasteiger partial charge in [0.2, 0.25) is 6.29 Å².